The molecule has 0 saturated carbocycles. The van der Waals surface area contributed by atoms with Crippen LogP contribution in [0.25, 0.3) is 0 Å². The molecule has 1 aromatic heterocycles. The standard InChI is InChI=1S/C17H16ClN3O/c1-3-9-21(16-10-14(18)8-7-13(16)11-19)17(22)15-6-4-5-12(2)20-15/h4-8,10H,3,9H2,1-2H3. The third-order valence-electron chi connectivity index (χ3n) is 3.17. The average Bonchev–Trinajstić information content (AvgIpc) is 2.52. The Morgan fingerprint density at radius 2 is 2.14 bits per heavy atom. The molecule has 5 heteroatoms. The highest BCUT2D eigenvalue weighted by molar-refractivity contribution is 6.31. The summed E-state index contributed by atoms with van der Waals surface area (Å²) < 4.78 is 0. The molecule has 0 atom stereocenters. The number of nitrogens with zero attached hydrogens (tertiary/aromatic N) is 3. The fourth-order valence-electron chi connectivity index (χ4n) is 2.18. The molecule has 0 spiro atoms. The number of hydrogen-bond acceptors (Lipinski definition) is 3. The number of amides is 1. The minimum absolute atomic E-state index is 0.232. The average molecular weight is 314 g/mol. The van der Waals surface area contributed by atoms with Crippen LogP contribution in [0.15, 0.2) is 36.4 Å². The Labute approximate surface area is 135 Å². The molecule has 0 radical (unpaired) electrons. The summed E-state index contributed by atoms with van der Waals surface area (Å²) in [6.07, 6.45) is 0.759. The van der Waals surface area contributed by atoms with Crippen LogP contribution in [0.3, 0.4) is 0 Å². The summed E-state index contributed by atoms with van der Waals surface area (Å²) in [6, 6.07) is 12.3. The van der Waals surface area contributed by atoms with E-state index in [1.54, 1.807) is 35.2 Å². The van der Waals surface area contributed by atoms with Crippen LogP contribution in [0, 0.1) is 18.3 Å². The maximum Gasteiger partial charge on any atom is 0.276 e. The van der Waals surface area contributed by atoms with Gasteiger partial charge in [-0.15, -0.1) is 0 Å². The van der Waals surface area contributed by atoms with Crippen LogP contribution in [-0.4, -0.2) is 17.4 Å². The fraction of sp³-hybridized carbons (Fsp3) is 0.235. The highest BCUT2D eigenvalue weighted by atomic mass is 35.5. The van der Waals surface area contributed by atoms with Crippen molar-refractivity contribution in [3.8, 4) is 6.07 Å². The molecule has 2 rings (SSSR count). The Kier molecular flexibility index (Phi) is 5.13. The molecule has 1 amide bonds. The summed E-state index contributed by atoms with van der Waals surface area (Å²) in [5.41, 5.74) is 2.07. The van der Waals surface area contributed by atoms with Crippen molar-refractivity contribution in [2.45, 2.75) is 20.3 Å². The molecular formula is C17H16ClN3O. The Morgan fingerprint density at radius 1 is 1.36 bits per heavy atom. The lowest BCUT2D eigenvalue weighted by Crippen LogP contribution is -2.33. The van der Waals surface area contributed by atoms with Gasteiger partial charge < -0.3 is 4.90 Å². The summed E-state index contributed by atoms with van der Waals surface area (Å²) in [7, 11) is 0. The first-order valence-electron chi connectivity index (χ1n) is 7.02. The van der Waals surface area contributed by atoms with Gasteiger partial charge in [0.25, 0.3) is 5.91 Å². The summed E-state index contributed by atoms with van der Waals surface area (Å²) >= 11 is 6.03. The van der Waals surface area contributed by atoms with E-state index in [-0.39, 0.29) is 5.91 Å². The Morgan fingerprint density at radius 3 is 2.77 bits per heavy atom. The highest BCUT2D eigenvalue weighted by Crippen LogP contribution is 2.26. The lowest BCUT2D eigenvalue weighted by molar-refractivity contribution is 0.0982. The van der Waals surface area contributed by atoms with Crippen LogP contribution in [0.2, 0.25) is 5.02 Å². The van der Waals surface area contributed by atoms with Gasteiger partial charge in [0.15, 0.2) is 0 Å². The number of hydrogen-bond donors (Lipinski definition) is 0. The lowest BCUT2D eigenvalue weighted by atomic mass is 10.1. The third-order valence-corrected chi connectivity index (χ3v) is 3.41. The van der Waals surface area contributed by atoms with E-state index in [9.17, 15) is 10.1 Å². The Balaban J connectivity index is 2.49. The van der Waals surface area contributed by atoms with Gasteiger partial charge in [-0.3, -0.25) is 4.79 Å². The van der Waals surface area contributed by atoms with Gasteiger partial charge in [0.1, 0.15) is 11.8 Å². The zero-order valence-electron chi connectivity index (χ0n) is 12.5. The number of anilines is 1. The van der Waals surface area contributed by atoms with Gasteiger partial charge in [0.2, 0.25) is 0 Å². The number of aromatic nitrogens is 1. The largest absolute Gasteiger partial charge is 0.306 e. The van der Waals surface area contributed by atoms with E-state index in [0.29, 0.717) is 28.5 Å². The van der Waals surface area contributed by atoms with Crippen LogP contribution >= 0.6 is 11.6 Å². The zero-order valence-corrected chi connectivity index (χ0v) is 13.3. The van der Waals surface area contributed by atoms with Crippen molar-refractivity contribution >= 4 is 23.2 Å². The van der Waals surface area contributed by atoms with Gasteiger partial charge in [-0.1, -0.05) is 24.6 Å². The molecule has 0 saturated heterocycles. The van der Waals surface area contributed by atoms with Gasteiger partial charge in [-0.25, -0.2) is 4.98 Å². The Bertz CT molecular complexity index is 737. The number of carbonyl (C=O) groups is 1. The van der Waals surface area contributed by atoms with Crippen LogP contribution in [0.5, 0.6) is 0 Å². The Hall–Kier alpha value is -2.38. The quantitative estimate of drug-likeness (QED) is 0.858. The van der Waals surface area contributed by atoms with E-state index in [2.05, 4.69) is 11.1 Å². The first-order chi connectivity index (χ1) is 10.6. The number of pyridine rings is 1. The molecule has 0 bridgehead atoms. The summed E-state index contributed by atoms with van der Waals surface area (Å²) in [4.78, 5) is 18.6. The predicted octanol–water partition coefficient (Wildman–Crippen LogP) is 3.97. The molecule has 0 aliphatic carbocycles. The molecule has 22 heavy (non-hydrogen) atoms. The first-order valence-corrected chi connectivity index (χ1v) is 7.39. The number of halogens is 1. The second-order valence-corrected chi connectivity index (χ2v) is 5.33. The lowest BCUT2D eigenvalue weighted by Gasteiger charge is -2.23. The molecule has 1 heterocycles. The molecule has 0 aliphatic rings. The molecule has 1 aromatic carbocycles. The highest BCUT2D eigenvalue weighted by Gasteiger charge is 2.21. The molecule has 2 aromatic rings. The second kappa shape index (κ2) is 7.06. The SMILES string of the molecule is CCCN(C(=O)c1cccc(C)n1)c1cc(Cl)ccc1C#N. The number of benzene rings is 1. The smallest absolute Gasteiger partial charge is 0.276 e. The number of aryl methyl sites for hydroxylation is 1. The normalized spacial score (nSPS) is 10.1. The molecule has 4 nitrogen and oxygen atoms in total. The van der Waals surface area contributed by atoms with Crippen molar-refractivity contribution in [1.29, 1.82) is 5.26 Å². The minimum Gasteiger partial charge on any atom is -0.306 e. The maximum atomic E-state index is 12.8. The zero-order chi connectivity index (χ0) is 16.1. The van der Waals surface area contributed by atoms with Crippen molar-refractivity contribution < 1.29 is 4.79 Å². The summed E-state index contributed by atoms with van der Waals surface area (Å²) in [5.74, 6) is -0.232. The van der Waals surface area contributed by atoms with Gasteiger partial charge in [0.05, 0.1) is 11.3 Å². The van der Waals surface area contributed by atoms with Crippen LogP contribution in [-0.2, 0) is 0 Å². The molecular weight excluding hydrogens is 298 g/mol. The van der Waals surface area contributed by atoms with E-state index in [1.807, 2.05) is 19.9 Å². The van der Waals surface area contributed by atoms with E-state index < -0.39 is 0 Å². The molecule has 0 aliphatic heterocycles. The fourth-order valence-corrected chi connectivity index (χ4v) is 2.34. The number of rotatable bonds is 4. The van der Waals surface area contributed by atoms with E-state index in [0.717, 1.165) is 12.1 Å². The third kappa shape index (κ3) is 3.44. The predicted molar refractivity (Wildman–Crippen MR) is 87.1 cm³/mol. The van der Waals surface area contributed by atoms with Gasteiger partial charge in [-0.2, -0.15) is 5.26 Å². The van der Waals surface area contributed by atoms with Gasteiger partial charge in [-0.05, 0) is 43.7 Å². The van der Waals surface area contributed by atoms with Crippen molar-refractivity contribution in [1.82, 2.24) is 4.98 Å². The van der Waals surface area contributed by atoms with E-state index >= 15 is 0 Å². The van der Waals surface area contributed by atoms with E-state index in [1.165, 1.54) is 0 Å². The molecule has 112 valence electrons. The summed E-state index contributed by atoms with van der Waals surface area (Å²) in [5, 5.41) is 9.76. The van der Waals surface area contributed by atoms with Crippen molar-refractivity contribution in [2.24, 2.45) is 0 Å². The molecule has 0 fully saturated rings. The molecule has 0 unspecified atom stereocenters. The van der Waals surface area contributed by atoms with Crippen molar-refractivity contribution in [3.05, 3.63) is 58.4 Å². The van der Waals surface area contributed by atoms with Crippen LogP contribution in [0.4, 0.5) is 5.69 Å². The van der Waals surface area contributed by atoms with Crippen LogP contribution < -0.4 is 4.90 Å². The number of nitriles is 1. The van der Waals surface area contributed by atoms with Crippen molar-refractivity contribution in [2.75, 3.05) is 11.4 Å². The second-order valence-electron chi connectivity index (χ2n) is 4.89. The van der Waals surface area contributed by atoms with Crippen LogP contribution in [0.1, 0.15) is 35.1 Å². The molecule has 0 N–H and O–H groups in total. The van der Waals surface area contributed by atoms with Gasteiger partial charge >= 0.3 is 0 Å². The van der Waals surface area contributed by atoms with Gasteiger partial charge in [0, 0.05) is 17.3 Å². The maximum absolute atomic E-state index is 12.8. The first kappa shape index (κ1) is 16.0. The van der Waals surface area contributed by atoms with Crippen molar-refractivity contribution in [3.63, 3.8) is 0 Å². The monoisotopic (exact) mass is 313 g/mol. The number of carbonyl (C=O) groups excluding carboxylic acids is 1. The summed E-state index contributed by atoms with van der Waals surface area (Å²) in [6.45, 7) is 4.30. The topological polar surface area (TPSA) is 57.0 Å². The minimum atomic E-state index is -0.232. The van der Waals surface area contributed by atoms with E-state index in [4.69, 9.17) is 11.6 Å².